The van der Waals surface area contributed by atoms with Crippen molar-refractivity contribution in [2.75, 3.05) is 7.11 Å². The standard InChI is InChI=1S/C23H18ClN3O3/c1-30-20-8-3-2-7-16(20)13-9-17-18(19(28)10-13)12-25-22-21(17)23(29)27(26-22)15-6-4-5-14(24)11-15/h2-8,11-13H,9-10H2,1H3,(H,25,26). The monoisotopic (exact) mass is 419 g/mol. The summed E-state index contributed by atoms with van der Waals surface area (Å²) < 4.78 is 6.92. The van der Waals surface area contributed by atoms with Gasteiger partial charge in [-0.2, -0.15) is 0 Å². The van der Waals surface area contributed by atoms with Gasteiger partial charge in [0.25, 0.3) is 5.56 Å². The van der Waals surface area contributed by atoms with Crippen molar-refractivity contribution in [2.45, 2.75) is 18.8 Å². The predicted molar refractivity (Wildman–Crippen MR) is 115 cm³/mol. The number of aromatic amines is 1. The van der Waals surface area contributed by atoms with Gasteiger partial charge in [-0.05, 0) is 47.7 Å². The van der Waals surface area contributed by atoms with Gasteiger partial charge < -0.3 is 4.74 Å². The maximum absolute atomic E-state index is 13.3. The van der Waals surface area contributed by atoms with Crippen molar-refractivity contribution in [3.63, 3.8) is 0 Å². The molecule has 30 heavy (non-hydrogen) atoms. The predicted octanol–water partition coefficient (Wildman–Crippen LogP) is 4.29. The third-order valence-electron chi connectivity index (χ3n) is 5.65. The number of para-hydroxylation sites is 1. The summed E-state index contributed by atoms with van der Waals surface area (Å²) in [6.07, 6.45) is 2.48. The van der Waals surface area contributed by atoms with E-state index in [2.05, 4.69) is 10.1 Å². The van der Waals surface area contributed by atoms with Crippen LogP contribution in [0.15, 0.2) is 59.5 Å². The van der Waals surface area contributed by atoms with Crippen LogP contribution in [-0.4, -0.2) is 27.7 Å². The molecule has 1 aliphatic rings. The fourth-order valence-corrected chi connectivity index (χ4v) is 4.44. The largest absolute Gasteiger partial charge is 0.496 e. The zero-order chi connectivity index (χ0) is 20.8. The number of H-pyrrole nitrogens is 1. The molecule has 0 spiro atoms. The first-order chi connectivity index (χ1) is 14.6. The van der Waals surface area contributed by atoms with Gasteiger partial charge in [-0.15, -0.1) is 0 Å². The number of fused-ring (bicyclic) bond motifs is 3. The molecule has 1 N–H and O–H groups in total. The summed E-state index contributed by atoms with van der Waals surface area (Å²) in [5.74, 6) is 0.659. The number of benzene rings is 2. The number of nitrogens with one attached hydrogen (secondary N) is 1. The van der Waals surface area contributed by atoms with Crippen LogP contribution in [0.2, 0.25) is 5.02 Å². The molecule has 150 valence electrons. The normalized spacial score (nSPS) is 15.9. The molecule has 0 bridgehead atoms. The van der Waals surface area contributed by atoms with Crippen LogP contribution in [-0.2, 0) is 6.42 Å². The van der Waals surface area contributed by atoms with Crippen molar-refractivity contribution in [3.8, 4) is 11.4 Å². The summed E-state index contributed by atoms with van der Waals surface area (Å²) in [5, 5.41) is 4.02. The van der Waals surface area contributed by atoms with E-state index in [1.807, 2.05) is 24.3 Å². The van der Waals surface area contributed by atoms with Crippen LogP contribution >= 0.6 is 11.6 Å². The van der Waals surface area contributed by atoms with E-state index in [-0.39, 0.29) is 17.3 Å². The second-order valence-corrected chi connectivity index (χ2v) is 7.81. The van der Waals surface area contributed by atoms with Crippen molar-refractivity contribution in [1.82, 2.24) is 14.8 Å². The van der Waals surface area contributed by atoms with Crippen LogP contribution in [0.1, 0.15) is 33.8 Å². The van der Waals surface area contributed by atoms with E-state index in [1.165, 1.54) is 4.68 Å². The Labute approximate surface area is 177 Å². The van der Waals surface area contributed by atoms with Gasteiger partial charge in [-0.1, -0.05) is 35.9 Å². The molecule has 1 unspecified atom stereocenters. The fourth-order valence-electron chi connectivity index (χ4n) is 4.26. The lowest BCUT2D eigenvalue weighted by Gasteiger charge is -2.25. The number of Topliss-reactive ketones (excluding diaryl/α,β-unsaturated/α-hetero) is 1. The lowest BCUT2D eigenvalue weighted by atomic mass is 9.79. The number of carbonyl (C=O) groups is 1. The van der Waals surface area contributed by atoms with Crippen LogP contribution in [0, 0.1) is 0 Å². The average Bonchev–Trinajstić information content (AvgIpc) is 3.10. The molecule has 2 aromatic heterocycles. The minimum atomic E-state index is -0.245. The van der Waals surface area contributed by atoms with Crippen molar-refractivity contribution in [3.05, 3.63) is 86.8 Å². The van der Waals surface area contributed by atoms with Gasteiger partial charge in [0.2, 0.25) is 0 Å². The summed E-state index contributed by atoms with van der Waals surface area (Å²) in [6.45, 7) is 0. The van der Waals surface area contributed by atoms with E-state index in [0.717, 1.165) is 16.9 Å². The van der Waals surface area contributed by atoms with Crippen LogP contribution < -0.4 is 10.3 Å². The Kier molecular flexibility index (Phi) is 4.44. The van der Waals surface area contributed by atoms with Crippen LogP contribution in [0.25, 0.3) is 16.7 Å². The van der Waals surface area contributed by atoms with Gasteiger partial charge in [0.1, 0.15) is 5.75 Å². The van der Waals surface area contributed by atoms with Crippen molar-refractivity contribution >= 4 is 28.4 Å². The maximum atomic E-state index is 13.3. The van der Waals surface area contributed by atoms with Crippen molar-refractivity contribution < 1.29 is 9.53 Å². The van der Waals surface area contributed by atoms with Gasteiger partial charge in [0.05, 0.1) is 18.2 Å². The average molecular weight is 420 g/mol. The molecular formula is C23H18ClN3O3. The Morgan fingerprint density at radius 1 is 1.13 bits per heavy atom. The van der Waals surface area contributed by atoms with E-state index in [4.69, 9.17) is 16.3 Å². The molecule has 4 aromatic rings. The van der Waals surface area contributed by atoms with Crippen LogP contribution in [0.5, 0.6) is 5.75 Å². The lowest BCUT2D eigenvalue weighted by Crippen LogP contribution is -2.22. The summed E-state index contributed by atoms with van der Waals surface area (Å²) in [4.78, 5) is 30.6. The van der Waals surface area contributed by atoms with Crippen molar-refractivity contribution in [1.29, 1.82) is 0 Å². The number of methoxy groups -OCH3 is 1. The SMILES string of the molecule is COc1ccccc1C1CC(=O)c2cnc3[nH]n(-c4cccc(Cl)c4)c(=O)c3c2C1. The molecule has 1 aliphatic carbocycles. The minimum absolute atomic E-state index is 0.0172. The highest BCUT2D eigenvalue weighted by atomic mass is 35.5. The maximum Gasteiger partial charge on any atom is 0.281 e. The number of hydrogen-bond donors (Lipinski definition) is 1. The number of carbonyl (C=O) groups excluding carboxylic acids is 1. The molecule has 2 aromatic carbocycles. The van der Waals surface area contributed by atoms with E-state index >= 15 is 0 Å². The molecule has 0 saturated heterocycles. The number of hydrogen-bond acceptors (Lipinski definition) is 4. The molecule has 0 aliphatic heterocycles. The number of halogens is 1. The Morgan fingerprint density at radius 2 is 1.97 bits per heavy atom. The number of rotatable bonds is 3. The van der Waals surface area contributed by atoms with E-state index in [9.17, 15) is 9.59 Å². The highest BCUT2D eigenvalue weighted by molar-refractivity contribution is 6.30. The summed E-state index contributed by atoms with van der Waals surface area (Å²) in [5.41, 5.74) is 3.03. The molecule has 6 nitrogen and oxygen atoms in total. The molecule has 0 saturated carbocycles. The number of nitrogens with zero attached hydrogens (tertiary/aromatic N) is 2. The Balaban J connectivity index is 1.68. The second-order valence-electron chi connectivity index (χ2n) is 7.38. The van der Waals surface area contributed by atoms with Gasteiger partial charge in [0.15, 0.2) is 11.4 Å². The topological polar surface area (TPSA) is 77.0 Å². The summed E-state index contributed by atoms with van der Waals surface area (Å²) >= 11 is 6.09. The molecule has 2 heterocycles. The molecule has 0 amide bonds. The highest BCUT2D eigenvalue weighted by Crippen LogP contribution is 2.38. The van der Waals surface area contributed by atoms with E-state index in [1.54, 1.807) is 37.6 Å². The molecule has 7 heteroatoms. The Hall–Kier alpha value is -3.38. The first-order valence-electron chi connectivity index (χ1n) is 9.61. The molecule has 0 fully saturated rings. The molecule has 5 rings (SSSR count). The van der Waals surface area contributed by atoms with E-state index < -0.39 is 0 Å². The third kappa shape index (κ3) is 2.92. The first kappa shape index (κ1) is 18.6. The highest BCUT2D eigenvalue weighted by Gasteiger charge is 2.31. The Morgan fingerprint density at radius 3 is 2.77 bits per heavy atom. The Bertz CT molecular complexity index is 1360. The molecule has 1 atom stereocenters. The number of pyridine rings is 1. The van der Waals surface area contributed by atoms with Gasteiger partial charge in [-0.3, -0.25) is 14.7 Å². The number of aromatic nitrogens is 3. The van der Waals surface area contributed by atoms with Gasteiger partial charge in [0, 0.05) is 23.2 Å². The van der Waals surface area contributed by atoms with Crippen LogP contribution in [0.4, 0.5) is 0 Å². The van der Waals surface area contributed by atoms with Gasteiger partial charge in [-0.25, -0.2) is 9.67 Å². The summed E-state index contributed by atoms with van der Waals surface area (Å²) in [7, 11) is 1.62. The number of ketones is 1. The third-order valence-corrected chi connectivity index (χ3v) is 5.88. The first-order valence-corrected chi connectivity index (χ1v) is 9.99. The zero-order valence-electron chi connectivity index (χ0n) is 16.2. The fraction of sp³-hybridized carbons (Fsp3) is 0.174. The summed E-state index contributed by atoms with van der Waals surface area (Å²) in [6, 6.07) is 14.7. The van der Waals surface area contributed by atoms with Crippen LogP contribution in [0.3, 0.4) is 0 Å². The smallest absolute Gasteiger partial charge is 0.281 e. The molecular weight excluding hydrogens is 402 g/mol. The van der Waals surface area contributed by atoms with Gasteiger partial charge >= 0.3 is 0 Å². The zero-order valence-corrected chi connectivity index (χ0v) is 16.9. The number of ether oxygens (including phenoxy) is 1. The second kappa shape index (κ2) is 7.15. The molecule has 0 radical (unpaired) electrons. The van der Waals surface area contributed by atoms with Crippen molar-refractivity contribution in [2.24, 2.45) is 0 Å². The van der Waals surface area contributed by atoms with E-state index in [0.29, 0.717) is 40.1 Å². The lowest BCUT2D eigenvalue weighted by molar-refractivity contribution is 0.0964. The minimum Gasteiger partial charge on any atom is -0.496 e. The quantitative estimate of drug-likeness (QED) is 0.537.